The summed E-state index contributed by atoms with van der Waals surface area (Å²) in [5.74, 6) is 0. The molecule has 16 heavy (non-hydrogen) atoms. The van der Waals surface area contributed by atoms with Crippen LogP contribution < -0.4 is 5.73 Å². The molecule has 0 bridgehead atoms. The summed E-state index contributed by atoms with van der Waals surface area (Å²) in [6.07, 6.45) is 0.890. The molecule has 1 unspecified atom stereocenters. The Morgan fingerprint density at radius 2 is 2.00 bits per heavy atom. The van der Waals surface area contributed by atoms with E-state index in [1.807, 2.05) is 0 Å². The Morgan fingerprint density at radius 1 is 1.25 bits per heavy atom. The van der Waals surface area contributed by atoms with Crippen molar-refractivity contribution in [2.75, 3.05) is 0 Å². The van der Waals surface area contributed by atoms with Crippen LogP contribution in [0.3, 0.4) is 0 Å². The minimum absolute atomic E-state index is 0.285. The van der Waals surface area contributed by atoms with Gasteiger partial charge in [0.1, 0.15) is 0 Å². The highest BCUT2D eigenvalue weighted by Gasteiger charge is 2.23. The molecular formula is C14H17NS. The first-order valence-corrected chi connectivity index (χ1v) is 6.40. The second-order valence-electron chi connectivity index (χ2n) is 4.54. The Bertz CT molecular complexity index is 457. The minimum Gasteiger partial charge on any atom is -0.321 e. The lowest BCUT2D eigenvalue weighted by Gasteiger charge is -2.26. The summed E-state index contributed by atoms with van der Waals surface area (Å²) in [6.45, 7) is 4.22. The van der Waals surface area contributed by atoms with E-state index in [2.05, 4.69) is 54.9 Å². The normalized spacial score (nSPS) is 14.7. The first-order chi connectivity index (χ1) is 7.59. The highest BCUT2D eigenvalue weighted by molar-refractivity contribution is 7.07. The number of nitrogens with two attached hydrogens (primary N) is 1. The molecule has 1 heterocycles. The number of rotatable bonds is 3. The molecule has 0 spiro atoms. The van der Waals surface area contributed by atoms with Crippen LogP contribution in [-0.2, 0) is 12.0 Å². The summed E-state index contributed by atoms with van der Waals surface area (Å²) in [5, 5.41) is 4.27. The van der Waals surface area contributed by atoms with Crippen LogP contribution in [-0.4, -0.2) is 0 Å². The Labute approximate surface area is 101 Å². The molecule has 0 aliphatic heterocycles. The third kappa shape index (κ3) is 2.34. The van der Waals surface area contributed by atoms with Gasteiger partial charge in [-0.15, -0.1) is 0 Å². The van der Waals surface area contributed by atoms with Crippen LogP contribution >= 0.6 is 11.3 Å². The average Bonchev–Trinajstić information content (AvgIpc) is 2.70. The SMILES string of the molecule is Cc1ccccc1C(C)(N)Cc1ccsc1. The van der Waals surface area contributed by atoms with Gasteiger partial charge in [-0.25, -0.2) is 0 Å². The molecule has 84 valence electrons. The zero-order valence-corrected chi connectivity index (χ0v) is 10.6. The van der Waals surface area contributed by atoms with Gasteiger partial charge in [0.05, 0.1) is 0 Å². The highest BCUT2D eigenvalue weighted by atomic mass is 32.1. The van der Waals surface area contributed by atoms with Crippen molar-refractivity contribution in [3.8, 4) is 0 Å². The Balaban J connectivity index is 2.28. The molecule has 0 aliphatic rings. The van der Waals surface area contributed by atoms with Gasteiger partial charge in [0.2, 0.25) is 0 Å². The van der Waals surface area contributed by atoms with E-state index >= 15 is 0 Å². The van der Waals surface area contributed by atoms with E-state index in [0.717, 1.165) is 6.42 Å². The maximum absolute atomic E-state index is 6.43. The smallest absolute Gasteiger partial charge is 0.0424 e. The van der Waals surface area contributed by atoms with Crippen LogP contribution in [0, 0.1) is 6.92 Å². The maximum atomic E-state index is 6.43. The molecule has 2 heteroatoms. The summed E-state index contributed by atoms with van der Waals surface area (Å²) >= 11 is 1.72. The number of thiophene rings is 1. The van der Waals surface area contributed by atoms with Crippen molar-refractivity contribution in [3.63, 3.8) is 0 Å². The van der Waals surface area contributed by atoms with Crippen LogP contribution in [0.2, 0.25) is 0 Å². The first kappa shape index (κ1) is 11.4. The molecule has 1 aromatic heterocycles. The maximum Gasteiger partial charge on any atom is 0.0424 e. The zero-order chi connectivity index (χ0) is 11.6. The van der Waals surface area contributed by atoms with Crippen LogP contribution in [0.15, 0.2) is 41.1 Å². The molecule has 1 nitrogen and oxygen atoms in total. The van der Waals surface area contributed by atoms with Gasteiger partial charge in [-0.3, -0.25) is 0 Å². The summed E-state index contributed by atoms with van der Waals surface area (Å²) in [5.41, 5.74) is 9.97. The minimum atomic E-state index is -0.285. The lowest BCUT2D eigenvalue weighted by atomic mass is 9.85. The van der Waals surface area contributed by atoms with Gasteiger partial charge >= 0.3 is 0 Å². The Morgan fingerprint density at radius 3 is 2.62 bits per heavy atom. The van der Waals surface area contributed by atoms with Crippen LogP contribution in [0.5, 0.6) is 0 Å². The van der Waals surface area contributed by atoms with Gasteiger partial charge < -0.3 is 5.73 Å². The van der Waals surface area contributed by atoms with E-state index < -0.39 is 0 Å². The number of hydrogen-bond acceptors (Lipinski definition) is 2. The second-order valence-corrected chi connectivity index (χ2v) is 5.32. The molecule has 0 fully saturated rings. The predicted molar refractivity (Wildman–Crippen MR) is 70.7 cm³/mol. The van der Waals surface area contributed by atoms with E-state index in [9.17, 15) is 0 Å². The van der Waals surface area contributed by atoms with E-state index in [1.54, 1.807) is 11.3 Å². The molecule has 0 saturated carbocycles. The largest absolute Gasteiger partial charge is 0.321 e. The van der Waals surface area contributed by atoms with Gasteiger partial charge in [0.25, 0.3) is 0 Å². The van der Waals surface area contributed by atoms with Crippen molar-refractivity contribution in [3.05, 3.63) is 57.8 Å². The fraction of sp³-hybridized carbons (Fsp3) is 0.286. The predicted octanol–water partition coefficient (Wildman–Crippen LogP) is 3.47. The fourth-order valence-corrected chi connectivity index (χ4v) is 2.79. The van der Waals surface area contributed by atoms with Gasteiger partial charge in [0.15, 0.2) is 0 Å². The zero-order valence-electron chi connectivity index (χ0n) is 9.73. The number of benzene rings is 1. The van der Waals surface area contributed by atoms with Crippen LogP contribution in [0.4, 0.5) is 0 Å². The monoisotopic (exact) mass is 231 g/mol. The van der Waals surface area contributed by atoms with Gasteiger partial charge in [-0.2, -0.15) is 11.3 Å². The molecule has 0 saturated heterocycles. The summed E-state index contributed by atoms with van der Waals surface area (Å²) < 4.78 is 0. The van der Waals surface area contributed by atoms with E-state index in [4.69, 9.17) is 5.73 Å². The molecule has 2 rings (SSSR count). The molecule has 2 N–H and O–H groups in total. The lowest BCUT2D eigenvalue weighted by molar-refractivity contribution is 0.489. The Hall–Kier alpha value is -1.12. The van der Waals surface area contributed by atoms with Crippen molar-refractivity contribution in [1.29, 1.82) is 0 Å². The van der Waals surface area contributed by atoms with Crippen molar-refractivity contribution in [2.45, 2.75) is 25.8 Å². The molecule has 0 radical (unpaired) electrons. The molecule has 2 aromatic rings. The van der Waals surface area contributed by atoms with Gasteiger partial charge in [-0.05, 0) is 53.8 Å². The average molecular weight is 231 g/mol. The van der Waals surface area contributed by atoms with E-state index in [0.29, 0.717) is 0 Å². The van der Waals surface area contributed by atoms with Crippen LogP contribution in [0.1, 0.15) is 23.6 Å². The summed E-state index contributed by atoms with van der Waals surface area (Å²) in [7, 11) is 0. The third-order valence-electron chi connectivity index (χ3n) is 2.91. The second kappa shape index (κ2) is 4.40. The summed E-state index contributed by atoms with van der Waals surface area (Å²) in [4.78, 5) is 0. The topological polar surface area (TPSA) is 26.0 Å². The molecule has 0 aliphatic carbocycles. The lowest BCUT2D eigenvalue weighted by Crippen LogP contribution is -2.36. The van der Waals surface area contributed by atoms with Crippen molar-refractivity contribution in [1.82, 2.24) is 0 Å². The van der Waals surface area contributed by atoms with E-state index in [1.165, 1.54) is 16.7 Å². The number of aryl methyl sites for hydroxylation is 1. The fourth-order valence-electron chi connectivity index (χ4n) is 2.13. The van der Waals surface area contributed by atoms with Crippen molar-refractivity contribution < 1.29 is 0 Å². The molecule has 1 aromatic carbocycles. The third-order valence-corrected chi connectivity index (χ3v) is 3.64. The molecule has 1 atom stereocenters. The first-order valence-electron chi connectivity index (χ1n) is 5.46. The van der Waals surface area contributed by atoms with Gasteiger partial charge in [-0.1, -0.05) is 24.3 Å². The molecule has 0 amide bonds. The Kier molecular flexibility index (Phi) is 3.13. The van der Waals surface area contributed by atoms with E-state index in [-0.39, 0.29) is 5.54 Å². The summed E-state index contributed by atoms with van der Waals surface area (Å²) in [6, 6.07) is 10.5. The molecular weight excluding hydrogens is 214 g/mol. The van der Waals surface area contributed by atoms with Crippen molar-refractivity contribution in [2.24, 2.45) is 5.73 Å². The van der Waals surface area contributed by atoms with Crippen LogP contribution in [0.25, 0.3) is 0 Å². The standard InChI is InChI=1S/C14H17NS/c1-11-5-3-4-6-13(11)14(2,15)9-12-7-8-16-10-12/h3-8,10H,9,15H2,1-2H3. The van der Waals surface area contributed by atoms with Gasteiger partial charge in [0, 0.05) is 5.54 Å². The van der Waals surface area contributed by atoms with Crippen molar-refractivity contribution >= 4 is 11.3 Å². The number of hydrogen-bond donors (Lipinski definition) is 1. The quantitative estimate of drug-likeness (QED) is 0.860. The highest BCUT2D eigenvalue weighted by Crippen LogP contribution is 2.26.